The Hall–Kier alpha value is -2.12. The van der Waals surface area contributed by atoms with Crippen molar-refractivity contribution < 1.29 is 19.2 Å². The van der Waals surface area contributed by atoms with Crippen molar-refractivity contribution in [2.45, 2.75) is 89.5 Å². The minimum Gasteiger partial charge on any atom is -0.346 e. The van der Waals surface area contributed by atoms with Crippen LogP contribution in [-0.2, 0) is 19.2 Å². The van der Waals surface area contributed by atoms with Crippen LogP contribution in [0.5, 0.6) is 0 Å². The highest BCUT2D eigenvalue weighted by Gasteiger charge is 2.36. The summed E-state index contributed by atoms with van der Waals surface area (Å²) in [5.41, 5.74) is 0. The first-order valence-corrected chi connectivity index (χ1v) is 13.7. The molecular weight excluding hydrogens is 432 g/mol. The van der Waals surface area contributed by atoms with Gasteiger partial charge in [-0.3, -0.25) is 19.2 Å². The Morgan fingerprint density at radius 3 is 1.94 bits per heavy atom. The molecule has 0 aromatic rings. The molecule has 2 saturated heterocycles. The summed E-state index contributed by atoms with van der Waals surface area (Å²) < 4.78 is 0. The molecule has 2 aliphatic carbocycles. The lowest BCUT2D eigenvalue weighted by molar-refractivity contribution is -0.156. The third kappa shape index (κ3) is 6.30. The van der Waals surface area contributed by atoms with Crippen LogP contribution in [-0.4, -0.2) is 83.6 Å². The van der Waals surface area contributed by atoms with Crippen LogP contribution in [0.15, 0.2) is 0 Å². The zero-order chi connectivity index (χ0) is 23.9. The Labute approximate surface area is 203 Å². The van der Waals surface area contributed by atoms with Crippen molar-refractivity contribution in [3.63, 3.8) is 0 Å². The monoisotopic (exact) mass is 474 g/mol. The van der Waals surface area contributed by atoms with Crippen molar-refractivity contribution in [3.05, 3.63) is 0 Å². The van der Waals surface area contributed by atoms with Crippen molar-refractivity contribution in [2.24, 2.45) is 11.8 Å². The van der Waals surface area contributed by atoms with Crippen LogP contribution < -0.4 is 5.32 Å². The molecule has 4 rings (SSSR count). The molecule has 1 atom stereocenters. The van der Waals surface area contributed by atoms with Crippen LogP contribution >= 0.6 is 0 Å². The molecule has 4 aliphatic rings. The second kappa shape index (κ2) is 12.0. The standard InChI is InChI=1S/C26H42N4O4/c31-23-24(32)30(19-21-11-5-2-6-12-21)22(17-27-23)13-7-8-14-28-15-16-29(26(34)25(28)33)18-20-9-3-1-4-10-20/h20-22H,1-19H2,(H,27,31)/t22-/m0/s1. The SMILES string of the molecule is O=C1NC[C@H](CCCCN2CCN(CC3CCCCC3)C(=O)C2=O)N(CC2CCCCC2)C1=O. The van der Waals surface area contributed by atoms with Crippen molar-refractivity contribution in [1.82, 2.24) is 20.0 Å². The highest BCUT2D eigenvalue weighted by Crippen LogP contribution is 2.27. The molecule has 8 nitrogen and oxygen atoms in total. The maximum Gasteiger partial charge on any atom is 0.312 e. The quantitative estimate of drug-likeness (QED) is 0.410. The number of carbonyl (C=O) groups is 4. The smallest absolute Gasteiger partial charge is 0.312 e. The van der Waals surface area contributed by atoms with E-state index in [1.165, 1.54) is 51.4 Å². The van der Waals surface area contributed by atoms with E-state index in [0.717, 1.165) is 38.6 Å². The van der Waals surface area contributed by atoms with Gasteiger partial charge in [0.1, 0.15) is 0 Å². The summed E-state index contributed by atoms with van der Waals surface area (Å²) in [6, 6.07) is 0.0248. The number of carbonyl (C=O) groups excluding carboxylic acids is 4. The summed E-state index contributed by atoms with van der Waals surface area (Å²) >= 11 is 0. The third-order valence-corrected chi connectivity index (χ3v) is 8.39. The van der Waals surface area contributed by atoms with Crippen LogP contribution in [0.1, 0.15) is 83.5 Å². The first kappa shape index (κ1) is 25.0. The molecule has 2 saturated carbocycles. The molecule has 4 amide bonds. The van der Waals surface area contributed by atoms with Gasteiger partial charge in [-0.2, -0.15) is 0 Å². The van der Waals surface area contributed by atoms with Gasteiger partial charge in [0.25, 0.3) is 0 Å². The van der Waals surface area contributed by atoms with Gasteiger partial charge < -0.3 is 20.0 Å². The minimum atomic E-state index is -0.484. The zero-order valence-electron chi connectivity index (χ0n) is 20.6. The third-order valence-electron chi connectivity index (χ3n) is 8.39. The lowest BCUT2D eigenvalue weighted by atomic mass is 9.88. The Kier molecular flexibility index (Phi) is 8.84. The highest BCUT2D eigenvalue weighted by atomic mass is 16.2. The van der Waals surface area contributed by atoms with Gasteiger partial charge in [-0.25, -0.2) is 0 Å². The van der Waals surface area contributed by atoms with Gasteiger partial charge in [-0.1, -0.05) is 38.5 Å². The van der Waals surface area contributed by atoms with Crippen molar-refractivity contribution >= 4 is 23.6 Å². The molecule has 190 valence electrons. The number of amides is 4. The number of hydrogen-bond donors (Lipinski definition) is 1. The Balaban J connectivity index is 1.20. The molecule has 0 unspecified atom stereocenters. The summed E-state index contributed by atoms with van der Waals surface area (Å²) in [5, 5.41) is 2.75. The molecule has 2 heterocycles. The number of rotatable bonds is 9. The van der Waals surface area contributed by atoms with Gasteiger partial charge in [0.05, 0.1) is 0 Å². The van der Waals surface area contributed by atoms with E-state index in [-0.39, 0.29) is 17.9 Å². The second-order valence-electron chi connectivity index (χ2n) is 10.9. The van der Waals surface area contributed by atoms with Crippen LogP contribution in [0, 0.1) is 11.8 Å². The first-order valence-electron chi connectivity index (χ1n) is 13.7. The average molecular weight is 475 g/mol. The van der Waals surface area contributed by atoms with Crippen molar-refractivity contribution in [3.8, 4) is 0 Å². The van der Waals surface area contributed by atoms with Gasteiger partial charge >= 0.3 is 23.6 Å². The van der Waals surface area contributed by atoms with Crippen LogP contribution in [0.25, 0.3) is 0 Å². The molecule has 0 spiro atoms. The molecule has 0 bridgehead atoms. The number of piperazine rings is 2. The average Bonchev–Trinajstić information content (AvgIpc) is 2.86. The van der Waals surface area contributed by atoms with E-state index < -0.39 is 11.8 Å². The molecule has 0 aromatic carbocycles. The fraction of sp³-hybridized carbons (Fsp3) is 0.846. The number of nitrogens with one attached hydrogen (secondary N) is 1. The lowest BCUT2D eigenvalue weighted by Gasteiger charge is -2.38. The van der Waals surface area contributed by atoms with Gasteiger partial charge in [0.2, 0.25) is 0 Å². The van der Waals surface area contributed by atoms with Crippen LogP contribution in [0.4, 0.5) is 0 Å². The van der Waals surface area contributed by atoms with Crippen molar-refractivity contribution in [1.29, 1.82) is 0 Å². The molecule has 8 heteroatoms. The largest absolute Gasteiger partial charge is 0.346 e. The Morgan fingerprint density at radius 2 is 1.26 bits per heavy atom. The summed E-state index contributed by atoms with van der Waals surface area (Å²) in [5.74, 6) is -0.525. The lowest BCUT2D eigenvalue weighted by Crippen LogP contribution is -2.59. The summed E-state index contributed by atoms with van der Waals surface area (Å²) in [6.07, 6.45) is 14.5. The van der Waals surface area contributed by atoms with E-state index in [9.17, 15) is 19.2 Å². The van der Waals surface area contributed by atoms with Crippen molar-refractivity contribution in [2.75, 3.05) is 39.3 Å². The fourth-order valence-electron chi connectivity index (χ4n) is 6.30. The maximum absolute atomic E-state index is 12.7. The van der Waals surface area contributed by atoms with E-state index in [2.05, 4.69) is 5.32 Å². The van der Waals surface area contributed by atoms with Gasteiger partial charge in [-0.05, 0) is 56.8 Å². The first-order chi connectivity index (χ1) is 16.5. The minimum absolute atomic E-state index is 0.0248. The Morgan fingerprint density at radius 1 is 0.676 bits per heavy atom. The van der Waals surface area contributed by atoms with E-state index in [0.29, 0.717) is 44.6 Å². The summed E-state index contributed by atoms with van der Waals surface area (Å²) in [6.45, 7) is 3.76. The van der Waals surface area contributed by atoms with E-state index in [1.807, 2.05) is 4.90 Å². The molecule has 34 heavy (non-hydrogen) atoms. The molecule has 1 N–H and O–H groups in total. The molecule has 0 radical (unpaired) electrons. The zero-order valence-corrected chi connectivity index (χ0v) is 20.6. The molecular formula is C26H42N4O4. The Bertz CT molecular complexity index is 745. The number of unbranched alkanes of at least 4 members (excludes halogenated alkanes) is 1. The maximum atomic E-state index is 12.7. The topological polar surface area (TPSA) is 90.0 Å². The molecule has 0 aromatic heterocycles. The van der Waals surface area contributed by atoms with Gasteiger partial charge in [-0.15, -0.1) is 0 Å². The van der Waals surface area contributed by atoms with E-state index in [4.69, 9.17) is 0 Å². The number of hydrogen-bond acceptors (Lipinski definition) is 4. The summed E-state index contributed by atoms with van der Waals surface area (Å²) in [4.78, 5) is 55.1. The van der Waals surface area contributed by atoms with Gasteiger partial charge in [0, 0.05) is 45.3 Å². The second-order valence-corrected chi connectivity index (χ2v) is 10.9. The van der Waals surface area contributed by atoms with Gasteiger partial charge in [0.15, 0.2) is 0 Å². The van der Waals surface area contributed by atoms with E-state index in [1.54, 1.807) is 9.80 Å². The predicted molar refractivity (Wildman–Crippen MR) is 129 cm³/mol. The van der Waals surface area contributed by atoms with Crippen LogP contribution in [0.2, 0.25) is 0 Å². The predicted octanol–water partition coefficient (Wildman–Crippen LogP) is 2.32. The highest BCUT2D eigenvalue weighted by molar-refractivity contribution is 6.36. The fourth-order valence-corrected chi connectivity index (χ4v) is 6.30. The molecule has 2 aliphatic heterocycles. The normalized spacial score (nSPS) is 25.8. The summed E-state index contributed by atoms with van der Waals surface area (Å²) in [7, 11) is 0. The van der Waals surface area contributed by atoms with Crippen LogP contribution in [0.3, 0.4) is 0 Å². The number of nitrogens with zero attached hydrogens (tertiary/aromatic N) is 3. The van der Waals surface area contributed by atoms with E-state index >= 15 is 0 Å². The molecule has 4 fully saturated rings.